The first-order valence-corrected chi connectivity index (χ1v) is 10.4. The lowest BCUT2D eigenvalue weighted by molar-refractivity contribution is 0.145. The lowest BCUT2D eigenvalue weighted by Crippen LogP contribution is -2.23. The molecule has 0 aliphatic heterocycles. The van der Waals surface area contributed by atoms with E-state index < -0.39 is 6.43 Å². The fourth-order valence-corrected chi connectivity index (χ4v) is 3.65. The first kappa shape index (κ1) is 21.8. The van der Waals surface area contributed by atoms with Crippen LogP contribution >= 0.6 is 0 Å². The first-order chi connectivity index (χ1) is 15.6. The number of halogens is 2. The largest absolute Gasteiger partial charge is 0.367 e. The van der Waals surface area contributed by atoms with Crippen LogP contribution in [0.4, 0.5) is 20.5 Å². The maximum absolute atomic E-state index is 12.2. The average molecular weight is 442 g/mol. The molecule has 168 valence electrons. The first-order valence-electron chi connectivity index (χ1n) is 10.4. The molecule has 1 aliphatic rings. The second-order valence-electron chi connectivity index (χ2n) is 7.60. The van der Waals surface area contributed by atoms with Gasteiger partial charge in [0, 0.05) is 30.9 Å². The third kappa shape index (κ3) is 5.82. The summed E-state index contributed by atoms with van der Waals surface area (Å²) in [6.07, 6.45) is 5.28. The fourth-order valence-electron chi connectivity index (χ4n) is 3.65. The third-order valence-electron chi connectivity index (χ3n) is 5.18. The Morgan fingerprint density at radius 3 is 2.56 bits per heavy atom. The van der Waals surface area contributed by atoms with Crippen LogP contribution in [0.5, 0.6) is 0 Å². The van der Waals surface area contributed by atoms with Crippen molar-refractivity contribution >= 4 is 11.8 Å². The molecule has 1 fully saturated rings. The summed E-state index contributed by atoms with van der Waals surface area (Å²) in [7, 11) is 0. The summed E-state index contributed by atoms with van der Waals surface area (Å²) in [5, 5.41) is 17.3. The maximum atomic E-state index is 12.2. The number of alkyl halides is 2. The molecule has 3 aromatic rings. The number of pyridine rings is 2. The number of aromatic nitrogens is 5. The maximum Gasteiger partial charge on any atom is 0.255 e. The number of hydrogen-bond acceptors (Lipinski definition) is 8. The van der Waals surface area contributed by atoms with Crippen molar-refractivity contribution in [3.63, 3.8) is 0 Å². The van der Waals surface area contributed by atoms with Gasteiger partial charge in [0.05, 0.1) is 30.3 Å². The molecule has 0 spiro atoms. The van der Waals surface area contributed by atoms with Gasteiger partial charge in [-0.2, -0.15) is 0 Å². The van der Waals surface area contributed by atoms with Crippen LogP contribution in [0.15, 0.2) is 53.7 Å². The van der Waals surface area contributed by atoms with E-state index in [9.17, 15) is 13.6 Å². The van der Waals surface area contributed by atoms with E-state index in [1.807, 2.05) is 12.1 Å². The molecular weight excluding hydrogens is 418 g/mol. The van der Waals surface area contributed by atoms with Crippen molar-refractivity contribution in [1.82, 2.24) is 30.0 Å². The number of nitrogens with zero attached hydrogens (tertiary/aromatic N) is 5. The minimum absolute atomic E-state index is 0.103. The standard InChI is InChI=1S/C21H24F2N8O/c22-18(23)13-24-10-16-11-26-21(30-29-16)28-15-5-4-14(9-15)27-19-7-6-17(12-25-19)31-8-2-1-3-20(31)32/h1-3,6-8,11-12,14-15,18,24H,4-5,9-10,13H2,(H,25,27)(H,26,28,30)/t14-,15-/m0/s1. The zero-order valence-corrected chi connectivity index (χ0v) is 17.3. The van der Waals surface area contributed by atoms with Crippen LogP contribution in [-0.4, -0.2) is 49.8 Å². The van der Waals surface area contributed by atoms with E-state index >= 15 is 0 Å². The molecule has 3 N–H and O–H groups in total. The van der Waals surface area contributed by atoms with Crippen molar-refractivity contribution in [1.29, 1.82) is 0 Å². The number of rotatable bonds is 9. The third-order valence-corrected chi connectivity index (χ3v) is 5.18. The van der Waals surface area contributed by atoms with Crippen LogP contribution in [0.3, 0.4) is 0 Å². The van der Waals surface area contributed by atoms with Gasteiger partial charge in [0.15, 0.2) is 0 Å². The molecule has 0 amide bonds. The molecule has 2 atom stereocenters. The molecule has 1 saturated carbocycles. The van der Waals surface area contributed by atoms with Crippen molar-refractivity contribution in [3.8, 4) is 5.69 Å². The van der Waals surface area contributed by atoms with Crippen molar-refractivity contribution in [2.75, 3.05) is 17.2 Å². The van der Waals surface area contributed by atoms with Gasteiger partial charge >= 0.3 is 0 Å². The Kier molecular flexibility index (Phi) is 6.95. The highest BCUT2D eigenvalue weighted by Crippen LogP contribution is 2.24. The normalized spacial score (nSPS) is 18.1. The molecule has 32 heavy (non-hydrogen) atoms. The summed E-state index contributed by atoms with van der Waals surface area (Å²) in [6.45, 7) is -0.189. The van der Waals surface area contributed by atoms with E-state index in [0.29, 0.717) is 17.3 Å². The van der Waals surface area contributed by atoms with E-state index in [1.54, 1.807) is 29.1 Å². The Bertz CT molecular complexity index is 1060. The van der Waals surface area contributed by atoms with Gasteiger partial charge in [0.2, 0.25) is 5.95 Å². The zero-order chi connectivity index (χ0) is 22.3. The lowest BCUT2D eigenvalue weighted by atomic mass is 10.2. The van der Waals surface area contributed by atoms with Crippen molar-refractivity contribution < 1.29 is 8.78 Å². The minimum atomic E-state index is -2.40. The predicted octanol–water partition coefficient (Wildman–Crippen LogP) is 2.22. The van der Waals surface area contributed by atoms with Gasteiger partial charge in [-0.3, -0.25) is 9.36 Å². The number of nitrogens with one attached hydrogen (secondary N) is 3. The summed E-state index contributed by atoms with van der Waals surface area (Å²) in [5.41, 5.74) is 1.12. The minimum Gasteiger partial charge on any atom is -0.367 e. The van der Waals surface area contributed by atoms with Gasteiger partial charge in [-0.1, -0.05) is 6.07 Å². The SMILES string of the molecule is O=c1ccccn1-c1ccc(N[C@H]2CC[C@H](Nc3ncc(CNCC(F)F)nn3)C2)nc1. The molecule has 1 aliphatic carbocycles. The van der Waals surface area contributed by atoms with Gasteiger partial charge in [-0.15, -0.1) is 10.2 Å². The smallest absolute Gasteiger partial charge is 0.255 e. The van der Waals surface area contributed by atoms with Crippen molar-refractivity contribution in [3.05, 3.63) is 65.0 Å². The lowest BCUT2D eigenvalue weighted by Gasteiger charge is -2.15. The predicted molar refractivity (Wildman–Crippen MR) is 116 cm³/mol. The Morgan fingerprint density at radius 1 is 1.03 bits per heavy atom. The van der Waals surface area contributed by atoms with E-state index in [2.05, 4.69) is 36.1 Å². The molecule has 9 nitrogen and oxygen atoms in total. The summed E-state index contributed by atoms with van der Waals surface area (Å²) in [4.78, 5) is 20.6. The van der Waals surface area contributed by atoms with Gasteiger partial charge in [-0.05, 0) is 37.5 Å². The van der Waals surface area contributed by atoms with E-state index in [4.69, 9.17) is 0 Å². The molecule has 0 radical (unpaired) electrons. The molecule has 0 aromatic carbocycles. The highest BCUT2D eigenvalue weighted by atomic mass is 19.3. The van der Waals surface area contributed by atoms with Crippen LogP contribution in [-0.2, 0) is 6.54 Å². The van der Waals surface area contributed by atoms with E-state index in [0.717, 1.165) is 25.1 Å². The molecule has 3 heterocycles. The van der Waals surface area contributed by atoms with Gasteiger partial charge in [-0.25, -0.2) is 18.7 Å². The Morgan fingerprint density at radius 2 is 1.88 bits per heavy atom. The highest BCUT2D eigenvalue weighted by molar-refractivity contribution is 5.42. The second-order valence-corrected chi connectivity index (χ2v) is 7.60. The summed E-state index contributed by atoms with van der Waals surface area (Å²) < 4.78 is 25.9. The fraction of sp³-hybridized carbons (Fsp3) is 0.381. The molecular formula is C21H24F2N8O. The van der Waals surface area contributed by atoms with Crippen LogP contribution in [0, 0.1) is 0 Å². The average Bonchev–Trinajstić information content (AvgIpc) is 3.22. The second kappa shape index (κ2) is 10.2. The van der Waals surface area contributed by atoms with Crippen LogP contribution < -0.4 is 21.5 Å². The Balaban J connectivity index is 1.26. The molecule has 11 heteroatoms. The zero-order valence-electron chi connectivity index (χ0n) is 17.3. The summed E-state index contributed by atoms with van der Waals surface area (Å²) in [6, 6.07) is 9.18. The molecule has 0 saturated heterocycles. The topological polar surface area (TPSA) is 110 Å². The monoisotopic (exact) mass is 442 g/mol. The van der Waals surface area contributed by atoms with Crippen LogP contribution in [0.25, 0.3) is 5.69 Å². The molecule has 0 unspecified atom stereocenters. The van der Waals surface area contributed by atoms with Gasteiger partial charge in [0.25, 0.3) is 12.0 Å². The molecule has 3 aromatic heterocycles. The quantitative estimate of drug-likeness (QED) is 0.463. The Hall–Kier alpha value is -3.47. The number of anilines is 2. The van der Waals surface area contributed by atoms with E-state index in [-0.39, 0.29) is 30.7 Å². The molecule has 4 rings (SSSR count). The van der Waals surface area contributed by atoms with Crippen LogP contribution in [0.1, 0.15) is 25.0 Å². The highest BCUT2D eigenvalue weighted by Gasteiger charge is 2.25. The van der Waals surface area contributed by atoms with Gasteiger partial charge in [0.1, 0.15) is 5.82 Å². The van der Waals surface area contributed by atoms with Crippen LogP contribution in [0.2, 0.25) is 0 Å². The van der Waals surface area contributed by atoms with Gasteiger partial charge < -0.3 is 16.0 Å². The van der Waals surface area contributed by atoms with Crippen molar-refractivity contribution in [2.45, 2.75) is 44.3 Å². The molecule has 0 bridgehead atoms. The Labute approximate surface area is 183 Å². The summed E-state index contributed by atoms with van der Waals surface area (Å²) in [5.74, 6) is 1.17. The van der Waals surface area contributed by atoms with Crippen molar-refractivity contribution in [2.24, 2.45) is 0 Å². The number of hydrogen-bond donors (Lipinski definition) is 3. The van der Waals surface area contributed by atoms with E-state index in [1.165, 1.54) is 12.3 Å². The summed E-state index contributed by atoms with van der Waals surface area (Å²) >= 11 is 0.